The largest absolute Gasteiger partial charge is 0.340 e. The number of carbonyl (C=O) groups is 1. The molecule has 1 amide bonds. The zero-order chi connectivity index (χ0) is 16.1. The second kappa shape index (κ2) is 7.45. The molecular formula is C19H29N3O. The average molecular weight is 315 g/mol. The number of nitrogens with two attached hydrogens (primary N) is 1. The molecule has 2 N–H and O–H groups in total. The van der Waals surface area contributed by atoms with Crippen LogP contribution in [0.1, 0.15) is 44.1 Å². The number of rotatable bonds is 4. The summed E-state index contributed by atoms with van der Waals surface area (Å²) >= 11 is 0. The fraction of sp³-hybridized carbons (Fsp3) is 0.632. The van der Waals surface area contributed by atoms with Crippen LogP contribution in [0.3, 0.4) is 0 Å². The van der Waals surface area contributed by atoms with Gasteiger partial charge in [-0.15, -0.1) is 0 Å². The molecule has 4 heteroatoms. The third-order valence-electron chi connectivity index (χ3n) is 5.51. The molecule has 0 radical (unpaired) electrons. The minimum atomic E-state index is 0.177. The zero-order valence-corrected chi connectivity index (χ0v) is 14.0. The van der Waals surface area contributed by atoms with Gasteiger partial charge in [0, 0.05) is 44.7 Å². The highest BCUT2D eigenvalue weighted by Gasteiger charge is 2.43. The average Bonchev–Trinajstić information content (AvgIpc) is 2.59. The SMILES string of the molecule is NCCC(=O)N1CCN(Cc2ccccc2)C2(CCCCC2)C1. The first-order valence-electron chi connectivity index (χ1n) is 9.00. The lowest BCUT2D eigenvalue weighted by atomic mass is 9.78. The first-order chi connectivity index (χ1) is 11.2. The molecular weight excluding hydrogens is 286 g/mol. The lowest BCUT2D eigenvalue weighted by molar-refractivity contribution is -0.138. The first-order valence-corrected chi connectivity index (χ1v) is 9.00. The third-order valence-corrected chi connectivity index (χ3v) is 5.51. The van der Waals surface area contributed by atoms with Gasteiger partial charge >= 0.3 is 0 Å². The van der Waals surface area contributed by atoms with Gasteiger partial charge in [-0.05, 0) is 18.4 Å². The number of hydrogen-bond donors (Lipinski definition) is 1. The Morgan fingerprint density at radius 3 is 2.52 bits per heavy atom. The molecule has 1 aliphatic carbocycles. The van der Waals surface area contributed by atoms with Crippen molar-refractivity contribution in [1.29, 1.82) is 0 Å². The van der Waals surface area contributed by atoms with Crippen molar-refractivity contribution in [2.45, 2.75) is 50.6 Å². The number of amides is 1. The molecule has 1 spiro atoms. The Labute approximate surface area is 139 Å². The summed E-state index contributed by atoms with van der Waals surface area (Å²) < 4.78 is 0. The van der Waals surface area contributed by atoms with Gasteiger partial charge < -0.3 is 10.6 Å². The van der Waals surface area contributed by atoms with E-state index in [4.69, 9.17) is 5.73 Å². The van der Waals surface area contributed by atoms with E-state index in [1.807, 2.05) is 0 Å². The van der Waals surface area contributed by atoms with Crippen LogP contribution in [0.15, 0.2) is 30.3 Å². The summed E-state index contributed by atoms with van der Waals surface area (Å²) in [7, 11) is 0. The minimum absolute atomic E-state index is 0.177. The summed E-state index contributed by atoms with van der Waals surface area (Å²) in [5.41, 5.74) is 7.13. The molecule has 1 aromatic rings. The lowest BCUT2D eigenvalue weighted by Crippen LogP contribution is -2.63. The van der Waals surface area contributed by atoms with Crippen LogP contribution >= 0.6 is 0 Å². The van der Waals surface area contributed by atoms with Crippen LogP contribution < -0.4 is 5.73 Å². The molecule has 0 unspecified atom stereocenters. The number of benzene rings is 1. The van der Waals surface area contributed by atoms with Gasteiger partial charge in [0.2, 0.25) is 5.91 Å². The van der Waals surface area contributed by atoms with E-state index in [1.54, 1.807) is 0 Å². The molecule has 2 aliphatic rings. The summed E-state index contributed by atoms with van der Waals surface area (Å²) in [5.74, 6) is 0.233. The molecule has 23 heavy (non-hydrogen) atoms. The second-order valence-corrected chi connectivity index (χ2v) is 7.05. The van der Waals surface area contributed by atoms with E-state index < -0.39 is 0 Å². The van der Waals surface area contributed by atoms with Crippen molar-refractivity contribution in [3.05, 3.63) is 35.9 Å². The van der Waals surface area contributed by atoms with Crippen molar-refractivity contribution in [3.8, 4) is 0 Å². The van der Waals surface area contributed by atoms with Crippen LogP contribution in [0.2, 0.25) is 0 Å². The number of piperazine rings is 1. The number of carbonyl (C=O) groups excluding carboxylic acids is 1. The van der Waals surface area contributed by atoms with E-state index >= 15 is 0 Å². The Morgan fingerprint density at radius 1 is 1.09 bits per heavy atom. The van der Waals surface area contributed by atoms with E-state index in [2.05, 4.69) is 40.1 Å². The van der Waals surface area contributed by atoms with E-state index in [0.29, 0.717) is 13.0 Å². The highest BCUT2D eigenvalue weighted by Crippen LogP contribution is 2.37. The smallest absolute Gasteiger partial charge is 0.223 e. The maximum absolute atomic E-state index is 12.3. The second-order valence-electron chi connectivity index (χ2n) is 7.05. The Morgan fingerprint density at radius 2 is 1.83 bits per heavy atom. The fourth-order valence-corrected chi connectivity index (χ4v) is 4.24. The summed E-state index contributed by atoms with van der Waals surface area (Å²) in [6.07, 6.45) is 6.80. The van der Waals surface area contributed by atoms with Crippen molar-refractivity contribution in [3.63, 3.8) is 0 Å². The quantitative estimate of drug-likeness (QED) is 0.928. The number of hydrogen-bond acceptors (Lipinski definition) is 3. The predicted octanol–water partition coefficient (Wildman–Crippen LogP) is 2.38. The third kappa shape index (κ3) is 3.75. The van der Waals surface area contributed by atoms with Crippen molar-refractivity contribution in [2.24, 2.45) is 5.73 Å². The van der Waals surface area contributed by atoms with Crippen LogP contribution in [-0.2, 0) is 11.3 Å². The molecule has 0 atom stereocenters. The first kappa shape index (κ1) is 16.5. The summed E-state index contributed by atoms with van der Waals surface area (Å²) in [4.78, 5) is 17.0. The monoisotopic (exact) mass is 315 g/mol. The summed E-state index contributed by atoms with van der Waals surface area (Å²) in [6.45, 7) is 4.16. The fourth-order valence-electron chi connectivity index (χ4n) is 4.24. The van der Waals surface area contributed by atoms with Crippen LogP contribution in [-0.4, -0.2) is 47.4 Å². The molecule has 1 aromatic carbocycles. The topological polar surface area (TPSA) is 49.6 Å². The van der Waals surface area contributed by atoms with Crippen molar-refractivity contribution >= 4 is 5.91 Å². The molecule has 2 fully saturated rings. The maximum Gasteiger partial charge on any atom is 0.223 e. The molecule has 1 saturated heterocycles. The zero-order valence-electron chi connectivity index (χ0n) is 14.0. The molecule has 126 valence electrons. The van der Waals surface area contributed by atoms with Gasteiger partial charge in [-0.1, -0.05) is 49.6 Å². The van der Waals surface area contributed by atoms with Gasteiger partial charge in [-0.2, -0.15) is 0 Å². The Bertz CT molecular complexity index is 511. The van der Waals surface area contributed by atoms with E-state index in [1.165, 1.54) is 37.7 Å². The molecule has 3 rings (SSSR count). The Balaban J connectivity index is 1.75. The molecule has 1 saturated carbocycles. The van der Waals surface area contributed by atoms with Gasteiger partial charge in [-0.25, -0.2) is 0 Å². The van der Waals surface area contributed by atoms with E-state index in [0.717, 1.165) is 26.2 Å². The summed E-state index contributed by atoms with van der Waals surface area (Å²) in [6, 6.07) is 10.7. The standard InChI is InChI=1S/C19H29N3O/c20-12-9-18(23)21-13-14-22(15-17-7-3-1-4-8-17)19(16-21)10-5-2-6-11-19/h1,3-4,7-8H,2,5-6,9-16,20H2. The normalized spacial score (nSPS) is 21.5. The van der Waals surface area contributed by atoms with Crippen LogP contribution in [0, 0.1) is 0 Å². The summed E-state index contributed by atoms with van der Waals surface area (Å²) in [5, 5.41) is 0. The Hall–Kier alpha value is -1.39. The highest BCUT2D eigenvalue weighted by atomic mass is 16.2. The van der Waals surface area contributed by atoms with Gasteiger partial charge in [0.25, 0.3) is 0 Å². The van der Waals surface area contributed by atoms with E-state index in [9.17, 15) is 4.79 Å². The van der Waals surface area contributed by atoms with Crippen LogP contribution in [0.25, 0.3) is 0 Å². The van der Waals surface area contributed by atoms with Crippen molar-refractivity contribution in [2.75, 3.05) is 26.2 Å². The Kier molecular flexibility index (Phi) is 5.34. The van der Waals surface area contributed by atoms with Crippen LogP contribution in [0.5, 0.6) is 0 Å². The van der Waals surface area contributed by atoms with Crippen molar-refractivity contribution in [1.82, 2.24) is 9.80 Å². The minimum Gasteiger partial charge on any atom is -0.340 e. The van der Waals surface area contributed by atoms with Gasteiger partial charge in [0.1, 0.15) is 0 Å². The van der Waals surface area contributed by atoms with Gasteiger partial charge in [0.05, 0.1) is 0 Å². The maximum atomic E-state index is 12.3. The van der Waals surface area contributed by atoms with E-state index in [-0.39, 0.29) is 11.4 Å². The van der Waals surface area contributed by atoms with Crippen LogP contribution in [0.4, 0.5) is 0 Å². The molecule has 4 nitrogen and oxygen atoms in total. The lowest BCUT2D eigenvalue weighted by Gasteiger charge is -2.53. The van der Waals surface area contributed by atoms with Gasteiger partial charge in [-0.3, -0.25) is 9.69 Å². The predicted molar refractivity (Wildman–Crippen MR) is 92.9 cm³/mol. The highest BCUT2D eigenvalue weighted by molar-refractivity contribution is 5.76. The molecule has 1 heterocycles. The van der Waals surface area contributed by atoms with Gasteiger partial charge in [0.15, 0.2) is 0 Å². The van der Waals surface area contributed by atoms with Crippen molar-refractivity contribution < 1.29 is 4.79 Å². The number of nitrogens with zero attached hydrogens (tertiary/aromatic N) is 2. The molecule has 0 aromatic heterocycles. The molecule has 1 aliphatic heterocycles. The molecule has 0 bridgehead atoms.